The number of aliphatic hydroxyl groups is 1. The molecule has 0 saturated heterocycles. The van der Waals surface area contributed by atoms with Crippen LogP contribution in [0.25, 0.3) is 0 Å². The van der Waals surface area contributed by atoms with Crippen molar-refractivity contribution in [1.82, 2.24) is 0 Å². The van der Waals surface area contributed by atoms with E-state index in [0.717, 1.165) is 0 Å². The van der Waals surface area contributed by atoms with Crippen LogP contribution in [0.4, 0.5) is 0 Å². The fourth-order valence-electron chi connectivity index (χ4n) is 1.15. The van der Waals surface area contributed by atoms with Crippen molar-refractivity contribution < 1.29 is 19.4 Å². The number of ether oxygens (including phenoxy) is 1. The Hall–Kier alpha value is -1.20. The zero-order valence-corrected chi connectivity index (χ0v) is 11.1. The first-order valence-corrected chi connectivity index (χ1v) is 5.95. The molecule has 0 spiro atoms. The van der Waals surface area contributed by atoms with E-state index in [2.05, 4.69) is 20.7 Å². The first-order chi connectivity index (χ1) is 7.85. The number of rotatable bonds is 3. The molecule has 92 valence electrons. The molecule has 0 aromatic heterocycles. The smallest absolute Gasteiger partial charge is 0.350 e. The van der Waals surface area contributed by atoms with Crippen LogP contribution in [0.3, 0.4) is 0 Å². The van der Waals surface area contributed by atoms with Gasteiger partial charge in [-0.1, -0.05) is 46.3 Å². The summed E-state index contributed by atoms with van der Waals surface area (Å²) < 4.78 is 4.56. The van der Waals surface area contributed by atoms with Gasteiger partial charge in [0.1, 0.15) is 4.83 Å². The van der Waals surface area contributed by atoms with E-state index in [0.29, 0.717) is 5.56 Å². The van der Waals surface area contributed by atoms with Gasteiger partial charge >= 0.3 is 11.9 Å². The second-order valence-electron chi connectivity index (χ2n) is 3.76. The van der Waals surface area contributed by atoms with Crippen molar-refractivity contribution in [3.63, 3.8) is 0 Å². The summed E-state index contributed by atoms with van der Waals surface area (Å²) in [6.07, 6.45) is 0. The molecular weight excluding hydrogens is 288 g/mol. The molecule has 0 bridgehead atoms. The maximum Gasteiger partial charge on any atom is 0.350 e. The largest absolute Gasteiger partial charge is 0.390 e. The maximum absolute atomic E-state index is 11.7. The van der Waals surface area contributed by atoms with Gasteiger partial charge in [-0.15, -0.1) is 0 Å². The number of carbonyl (C=O) groups is 2. The average molecular weight is 301 g/mol. The highest BCUT2D eigenvalue weighted by Crippen LogP contribution is 2.22. The third-order valence-electron chi connectivity index (χ3n) is 2.25. The van der Waals surface area contributed by atoms with E-state index < -0.39 is 22.4 Å². The van der Waals surface area contributed by atoms with Gasteiger partial charge in [-0.3, -0.25) is 4.79 Å². The molecule has 0 aliphatic heterocycles. The van der Waals surface area contributed by atoms with E-state index in [9.17, 15) is 14.7 Å². The van der Waals surface area contributed by atoms with Gasteiger partial charge in [0, 0.05) is 0 Å². The van der Waals surface area contributed by atoms with E-state index in [1.54, 1.807) is 30.3 Å². The monoisotopic (exact) mass is 300 g/mol. The van der Waals surface area contributed by atoms with Crippen molar-refractivity contribution in [1.29, 1.82) is 0 Å². The minimum absolute atomic E-state index is 0.375. The number of hydrogen-bond acceptors (Lipinski definition) is 4. The second-order valence-corrected chi connectivity index (χ2v) is 5.14. The van der Waals surface area contributed by atoms with Gasteiger partial charge in [0.2, 0.25) is 0 Å². The molecule has 0 aliphatic rings. The first-order valence-electron chi connectivity index (χ1n) is 5.04. The van der Waals surface area contributed by atoms with E-state index in [1.807, 2.05) is 0 Å². The predicted molar refractivity (Wildman–Crippen MR) is 65.5 cm³/mol. The zero-order chi connectivity index (χ0) is 13.1. The van der Waals surface area contributed by atoms with Gasteiger partial charge in [-0.05, 0) is 19.4 Å². The molecule has 0 amide bonds. The number of benzene rings is 1. The predicted octanol–water partition coefficient (Wildman–Crippen LogP) is 1.75. The fourth-order valence-corrected chi connectivity index (χ4v) is 1.25. The van der Waals surface area contributed by atoms with Gasteiger partial charge in [-0.25, -0.2) is 4.79 Å². The van der Waals surface area contributed by atoms with E-state index in [4.69, 9.17) is 0 Å². The van der Waals surface area contributed by atoms with Crippen LogP contribution in [0.15, 0.2) is 30.3 Å². The highest BCUT2D eigenvalue weighted by atomic mass is 79.9. The molecular formula is C12H13BrO4. The molecule has 17 heavy (non-hydrogen) atoms. The van der Waals surface area contributed by atoms with E-state index >= 15 is 0 Å². The van der Waals surface area contributed by atoms with Crippen molar-refractivity contribution in [2.45, 2.75) is 24.3 Å². The number of esters is 2. The van der Waals surface area contributed by atoms with Gasteiger partial charge in [0.15, 0.2) is 5.60 Å². The first kappa shape index (κ1) is 13.9. The minimum Gasteiger partial charge on any atom is -0.390 e. The SMILES string of the molecule is CC(Br)C(=O)OC(=O)[C@@](C)(O)c1ccccc1. The lowest BCUT2D eigenvalue weighted by Crippen LogP contribution is -2.36. The van der Waals surface area contributed by atoms with E-state index in [1.165, 1.54) is 13.8 Å². The molecule has 5 heteroatoms. The van der Waals surface area contributed by atoms with Crippen molar-refractivity contribution >= 4 is 27.9 Å². The van der Waals surface area contributed by atoms with Crippen LogP contribution >= 0.6 is 15.9 Å². The van der Waals surface area contributed by atoms with Crippen LogP contribution in [0, 0.1) is 0 Å². The number of halogens is 1. The Balaban J connectivity index is 2.85. The third kappa shape index (κ3) is 3.38. The highest BCUT2D eigenvalue weighted by molar-refractivity contribution is 9.10. The van der Waals surface area contributed by atoms with Crippen LogP contribution in [-0.2, 0) is 19.9 Å². The third-order valence-corrected chi connectivity index (χ3v) is 2.63. The summed E-state index contributed by atoms with van der Waals surface area (Å²) >= 11 is 2.98. The minimum atomic E-state index is -1.83. The zero-order valence-electron chi connectivity index (χ0n) is 9.51. The molecule has 1 N–H and O–H groups in total. The van der Waals surface area contributed by atoms with Crippen molar-refractivity contribution in [2.24, 2.45) is 0 Å². The van der Waals surface area contributed by atoms with Crippen molar-refractivity contribution in [3.05, 3.63) is 35.9 Å². The molecule has 0 fully saturated rings. The summed E-state index contributed by atoms with van der Waals surface area (Å²) in [5.74, 6) is -1.72. The maximum atomic E-state index is 11.7. The molecule has 1 unspecified atom stereocenters. The Morgan fingerprint density at radius 1 is 1.35 bits per heavy atom. The highest BCUT2D eigenvalue weighted by Gasteiger charge is 2.36. The van der Waals surface area contributed by atoms with Gasteiger partial charge in [0.05, 0.1) is 0 Å². The molecule has 1 aromatic rings. The molecule has 1 rings (SSSR count). The van der Waals surface area contributed by atoms with Crippen LogP contribution < -0.4 is 0 Å². The van der Waals surface area contributed by atoms with Gasteiger partial charge in [-0.2, -0.15) is 0 Å². The second kappa shape index (κ2) is 5.42. The normalized spacial score (nSPS) is 15.8. The van der Waals surface area contributed by atoms with Gasteiger partial charge in [0.25, 0.3) is 0 Å². The van der Waals surface area contributed by atoms with Crippen molar-refractivity contribution in [3.8, 4) is 0 Å². The standard InChI is InChI=1S/C12H13BrO4/c1-8(13)10(14)17-11(15)12(2,16)9-6-4-3-5-7-9/h3-8,16H,1-2H3/t8?,12-/m0/s1. The summed E-state index contributed by atoms with van der Waals surface area (Å²) in [7, 11) is 0. The molecule has 0 heterocycles. The molecule has 0 radical (unpaired) electrons. The van der Waals surface area contributed by atoms with Crippen LogP contribution in [0.5, 0.6) is 0 Å². The number of carbonyl (C=O) groups excluding carboxylic acids is 2. The Kier molecular flexibility index (Phi) is 4.42. The molecule has 0 saturated carbocycles. The van der Waals surface area contributed by atoms with Crippen LogP contribution in [-0.4, -0.2) is 21.9 Å². The Morgan fingerprint density at radius 3 is 2.35 bits per heavy atom. The van der Waals surface area contributed by atoms with Gasteiger partial charge < -0.3 is 9.84 Å². The molecule has 1 aromatic carbocycles. The number of alkyl halides is 1. The molecule has 4 nitrogen and oxygen atoms in total. The average Bonchev–Trinajstić information content (AvgIpc) is 2.29. The summed E-state index contributed by atoms with van der Waals surface area (Å²) in [5, 5.41) is 10.0. The Labute approximate surface area is 108 Å². The molecule has 2 atom stereocenters. The fraction of sp³-hybridized carbons (Fsp3) is 0.333. The van der Waals surface area contributed by atoms with Crippen LogP contribution in [0.2, 0.25) is 0 Å². The molecule has 0 aliphatic carbocycles. The lowest BCUT2D eigenvalue weighted by molar-refractivity contribution is -0.173. The lowest BCUT2D eigenvalue weighted by Gasteiger charge is -2.21. The summed E-state index contributed by atoms with van der Waals surface area (Å²) in [4.78, 5) is 22.3. The topological polar surface area (TPSA) is 63.6 Å². The Bertz CT molecular complexity index is 412. The van der Waals surface area contributed by atoms with Crippen molar-refractivity contribution in [2.75, 3.05) is 0 Å². The summed E-state index contributed by atoms with van der Waals surface area (Å²) in [6, 6.07) is 8.31. The number of hydrogen-bond donors (Lipinski definition) is 1. The quantitative estimate of drug-likeness (QED) is 0.525. The summed E-state index contributed by atoms with van der Waals surface area (Å²) in [6.45, 7) is 2.82. The lowest BCUT2D eigenvalue weighted by atomic mass is 9.96. The van der Waals surface area contributed by atoms with E-state index in [-0.39, 0.29) is 0 Å². The summed E-state index contributed by atoms with van der Waals surface area (Å²) in [5.41, 5.74) is -1.46. The van der Waals surface area contributed by atoms with Crippen LogP contribution in [0.1, 0.15) is 19.4 Å². The Morgan fingerprint density at radius 2 is 1.88 bits per heavy atom.